The van der Waals surface area contributed by atoms with Crippen LogP contribution in [0, 0.1) is 5.92 Å². The highest BCUT2D eigenvalue weighted by Gasteiger charge is 2.37. The van der Waals surface area contributed by atoms with Gasteiger partial charge in [-0.2, -0.15) is 4.98 Å². The lowest BCUT2D eigenvalue weighted by atomic mass is 10.0. The summed E-state index contributed by atoms with van der Waals surface area (Å²) in [6.45, 7) is 10.6. The van der Waals surface area contributed by atoms with Gasteiger partial charge in [0.15, 0.2) is 0 Å². The van der Waals surface area contributed by atoms with Gasteiger partial charge in [0.1, 0.15) is 12.4 Å². The van der Waals surface area contributed by atoms with Crippen LogP contribution in [0.5, 0.6) is 0 Å². The van der Waals surface area contributed by atoms with Gasteiger partial charge in [0.05, 0.1) is 6.04 Å². The van der Waals surface area contributed by atoms with Crippen molar-refractivity contribution in [3.05, 3.63) is 54.7 Å². The SMILES string of the molecule is C=CC(=O)Nc1ccc(CN2CCC(Nc3nccc(N4C(=O)OC[C@@H]4C(C)C)n3)C2)cc1. The molecule has 3 heterocycles. The first-order valence-electron chi connectivity index (χ1n) is 11.2. The number of hydrogen-bond donors (Lipinski definition) is 2. The largest absolute Gasteiger partial charge is 0.447 e. The first-order chi connectivity index (χ1) is 15.9. The lowest BCUT2D eigenvalue weighted by molar-refractivity contribution is -0.111. The Balaban J connectivity index is 1.33. The number of carbonyl (C=O) groups excluding carboxylic acids is 2. The maximum absolute atomic E-state index is 12.2. The van der Waals surface area contributed by atoms with E-state index < -0.39 is 0 Å². The highest BCUT2D eigenvalue weighted by molar-refractivity contribution is 5.98. The average molecular weight is 451 g/mol. The second-order valence-electron chi connectivity index (χ2n) is 8.75. The van der Waals surface area contributed by atoms with Crippen LogP contribution in [-0.2, 0) is 16.1 Å². The molecule has 9 heteroatoms. The number of amides is 2. The molecule has 0 bridgehead atoms. The van der Waals surface area contributed by atoms with Gasteiger partial charge in [0.25, 0.3) is 0 Å². The molecule has 0 saturated carbocycles. The summed E-state index contributed by atoms with van der Waals surface area (Å²) >= 11 is 0. The van der Waals surface area contributed by atoms with Crippen LogP contribution < -0.4 is 15.5 Å². The summed E-state index contributed by atoms with van der Waals surface area (Å²) in [7, 11) is 0. The van der Waals surface area contributed by atoms with Crippen molar-refractivity contribution in [2.75, 3.05) is 35.2 Å². The molecule has 2 saturated heterocycles. The Labute approximate surface area is 193 Å². The Hall–Kier alpha value is -3.46. The van der Waals surface area contributed by atoms with Gasteiger partial charge in [-0.25, -0.2) is 9.78 Å². The van der Waals surface area contributed by atoms with Gasteiger partial charge in [-0.3, -0.25) is 14.6 Å². The monoisotopic (exact) mass is 450 g/mol. The van der Waals surface area contributed by atoms with E-state index in [-0.39, 0.29) is 30.0 Å². The Morgan fingerprint density at radius 1 is 1.30 bits per heavy atom. The minimum Gasteiger partial charge on any atom is -0.447 e. The summed E-state index contributed by atoms with van der Waals surface area (Å²) in [4.78, 5) is 36.6. The summed E-state index contributed by atoms with van der Waals surface area (Å²) < 4.78 is 5.24. The molecule has 2 fully saturated rings. The number of rotatable bonds is 8. The lowest BCUT2D eigenvalue weighted by Crippen LogP contribution is -2.38. The van der Waals surface area contributed by atoms with Crippen LogP contribution in [0.1, 0.15) is 25.8 Å². The predicted octanol–water partition coefficient (Wildman–Crippen LogP) is 3.27. The summed E-state index contributed by atoms with van der Waals surface area (Å²) in [5.74, 6) is 1.12. The summed E-state index contributed by atoms with van der Waals surface area (Å²) in [6.07, 6.45) is 3.54. The molecular formula is C24H30N6O3. The van der Waals surface area contributed by atoms with Crippen molar-refractivity contribution in [3.8, 4) is 0 Å². The fraction of sp³-hybridized carbons (Fsp3) is 0.417. The van der Waals surface area contributed by atoms with E-state index in [1.165, 1.54) is 11.6 Å². The van der Waals surface area contributed by atoms with Gasteiger partial charge in [-0.1, -0.05) is 32.6 Å². The van der Waals surface area contributed by atoms with Crippen molar-refractivity contribution >= 4 is 29.5 Å². The zero-order valence-corrected chi connectivity index (χ0v) is 19.0. The van der Waals surface area contributed by atoms with Gasteiger partial charge >= 0.3 is 6.09 Å². The molecule has 1 aromatic heterocycles. The number of hydrogen-bond acceptors (Lipinski definition) is 7. The van der Waals surface area contributed by atoms with E-state index >= 15 is 0 Å². The molecule has 4 rings (SSSR count). The third-order valence-electron chi connectivity index (χ3n) is 5.98. The molecule has 2 aliphatic heterocycles. The van der Waals surface area contributed by atoms with Crippen molar-refractivity contribution in [3.63, 3.8) is 0 Å². The lowest BCUT2D eigenvalue weighted by Gasteiger charge is -2.23. The number of nitrogens with zero attached hydrogens (tertiary/aromatic N) is 4. The quantitative estimate of drug-likeness (QED) is 0.596. The third kappa shape index (κ3) is 5.48. The number of cyclic esters (lactones) is 1. The second-order valence-corrected chi connectivity index (χ2v) is 8.75. The highest BCUT2D eigenvalue weighted by atomic mass is 16.6. The van der Waals surface area contributed by atoms with Crippen LogP contribution >= 0.6 is 0 Å². The average Bonchev–Trinajstić information content (AvgIpc) is 3.41. The minimum atomic E-state index is -0.361. The Kier molecular flexibility index (Phi) is 6.88. The smallest absolute Gasteiger partial charge is 0.415 e. The van der Waals surface area contributed by atoms with Gasteiger partial charge in [-0.05, 0) is 42.2 Å². The number of benzene rings is 1. The molecule has 33 heavy (non-hydrogen) atoms. The van der Waals surface area contributed by atoms with Gasteiger partial charge in [0, 0.05) is 37.6 Å². The molecule has 2 atom stereocenters. The van der Waals surface area contributed by atoms with E-state index in [2.05, 4.69) is 45.9 Å². The van der Waals surface area contributed by atoms with Crippen LogP contribution in [0.15, 0.2) is 49.2 Å². The molecule has 2 aromatic rings. The van der Waals surface area contributed by atoms with Gasteiger partial charge in [-0.15, -0.1) is 0 Å². The Morgan fingerprint density at radius 2 is 2.09 bits per heavy atom. The van der Waals surface area contributed by atoms with Crippen LogP contribution in [-0.4, -0.2) is 58.6 Å². The molecule has 2 amide bonds. The fourth-order valence-corrected chi connectivity index (χ4v) is 4.16. The van der Waals surface area contributed by atoms with Gasteiger partial charge < -0.3 is 15.4 Å². The Bertz CT molecular complexity index is 1010. The fourth-order valence-electron chi connectivity index (χ4n) is 4.16. The van der Waals surface area contributed by atoms with Crippen LogP contribution in [0.4, 0.5) is 22.2 Å². The maximum atomic E-state index is 12.2. The van der Waals surface area contributed by atoms with Crippen molar-refractivity contribution in [1.82, 2.24) is 14.9 Å². The number of carbonyl (C=O) groups is 2. The zero-order valence-electron chi connectivity index (χ0n) is 19.0. The van der Waals surface area contributed by atoms with E-state index in [4.69, 9.17) is 4.74 Å². The molecule has 2 aliphatic rings. The standard InChI is InChI=1S/C24H30N6O3/c1-4-22(31)26-18-7-5-17(6-8-18)13-29-12-10-19(14-29)27-23-25-11-9-21(28-23)30-20(16(2)3)15-33-24(30)32/h4-9,11,16,19-20H,1,10,12-15H2,2-3H3,(H,26,31)(H,25,27,28)/t19?,20-/m1/s1. The first kappa shape index (κ1) is 22.7. The highest BCUT2D eigenvalue weighted by Crippen LogP contribution is 2.26. The number of ether oxygens (including phenoxy) is 1. The molecule has 174 valence electrons. The van der Waals surface area contributed by atoms with E-state index in [0.717, 1.165) is 31.7 Å². The zero-order chi connectivity index (χ0) is 23.4. The normalized spacial score (nSPS) is 20.7. The molecule has 0 aliphatic carbocycles. The molecule has 0 radical (unpaired) electrons. The van der Waals surface area contributed by atoms with E-state index in [1.54, 1.807) is 17.2 Å². The van der Waals surface area contributed by atoms with Gasteiger partial charge in [0.2, 0.25) is 11.9 Å². The number of nitrogens with one attached hydrogen (secondary N) is 2. The number of likely N-dealkylation sites (tertiary alicyclic amines) is 1. The Morgan fingerprint density at radius 3 is 2.82 bits per heavy atom. The van der Waals surface area contributed by atoms with Crippen LogP contribution in [0.3, 0.4) is 0 Å². The molecule has 2 N–H and O–H groups in total. The molecule has 1 unspecified atom stereocenters. The van der Waals surface area contributed by atoms with Crippen LogP contribution in [0.25, 0.3) is 0 Å². The maximum Gasteiger partial charge on any atom is 0.415 e. The second kappa shape index (κ2) is 9.99. The van der Waals surface area contributed by atoms with E-state index in [0.29, 0.717) is 18.4 Å². The molecular weight excluding hydrogens is 420 g/mol. The van der Waals surface area contributed by atoms with Crippen molar-refractivity contribution in [1.29, 1.82) is 0 Å². The number of anilines is 3. The van der Waals surface area contributed by atoms with Crippen molar-refractivity contribution in [2.45, 2.75) is 38.9 Å². The van der Waals surface area contributed by atoms with E-state index in [1.807, 2.05) is 24.3 Å². The summed E-state index contributed by atoms with van der Waals surface area (Å²) in [5.41, 5.74) is 1.93. The molecule has 0 spiro atoms. The van der Waals surface area contributed by atoms with Crippen molar-refractivity contribution in [2.24, 2.45) is 5.92 Å². The van der Waals surface area contributed by atoms with Crippen LogP contribution in [0.2, 0.25) is 0 Å². The minimum absolute atomic E-state index is 0.0290. The topological polar surface area (TPSA) is 99.7 Å². The summed E-state index contributed by atoms with van der Waals surface area (Å²) in [5, 5.41) is 6.17. The number of aromatic nitrogens is 2. The van der Waals surface area contributed by atoms with E-state index in [9.17, 15) is 9.59 Å². The van der Waals surface area contributed by atoms with Crippen molar-refractivity contribution < 1.29 is 14.3 Å². The third-order valence-corrected chi connectivity index (χ3v) is 5.98. The first-order valence-corrected chi connectivity index (χ1v) is 11.2. The molecule has 9 nitrogen and oxygen atoms in total. The predicted molar refractivity (Wildman–Crippen MR) is 127 cm³/mol. The summed E-state index contributed by atoms with van der Waals surface area (Å²) in [6, 6.07) is 9.77. The molecule has 1 aromatic carbocycles.